The van der Waals surface area contributed by atoms with E-state index in [1.165, 1.54) is 11.3 Å². The molecule has 0 spiro atoms. The predicted molar refractivity (Wildman–Crippen MR) is 75.4 cm³/mol. The molecule has 106 valence electrons. The second-order valence-corrected chi connectivity index (χ2v) is 4.96. The van der Waals surface area contributed by atoms with Gasteiger partial charge in [-0.3, -0.25) is 9.59 Å². The molecule has 2 amide bonds. The number of furan rings is 1. The van der Waals surface area contributed by atoms with Crippen molar-refractivity contribution in [2.24, 2.45) is 0 Å². The van der Waals surface area contributed by atoms with Crippen molar-refractivity contribution in [3.05, 3.63) is 29.5 Å². The minimum atomic E-state index is -0.601. The predicted octanol–water partition coefficient (Wildman–Crippen LogP) is 1.66. The molecule has 0 fully saturated rings. The normalized spacial score (nSPS) is 11.9. The first-order valence-corrected chi connectivity index (χ1v) is 7.07. The van der Waals surface area contributed by atoms with Crippen molar-refractivity contribution in [2.75, 3.05) is 6.54 Å². The number of carbonyl (C=O) groups excluding carboxylic acids is 2. The highest BCUT2D eigenvalue weighted by atomic mass is 32.1. The Hall–Kier alpha value is -2.15. The number of rotatable bonds is 5. The first-order chi connectivity index (χ1) is 9.61. The lowest BCUT2D eigenvalue weighted by Gasteiger charge is -2.12. The van der Waals surface area contributed by atoms with Gasteiger partial charge in [0.15, 0.2) is 10.8 Å². The van der Waals surface area contributed by atoms with Gasteiger partial charge < -0.3 is 15.1 Å². The van der Waals surface area contributed by atoms with Crippen molar-refractivity contribution in [3.8, 4) is 10.8 Å². The molecule has 2 N–H and O–H groups in total. The number of nitrogens with one attached hydrogen (secondary N) is 2. The molecule has 20 heavy (non-hydrogen) atoms. The first kappa shape index (κ1) is 14.3. The van der Waals surface area contributed by atoms with Gasteiger partial charge in [-0.25, -0.2) is 4.98 Å². The van der Waals surface area contributed by atoms with Crippen LogP contribution in [-0.2, 0) is 4.79 Å². The van der Waals surface area contributed by atoms with Crippen LogP contribution in [0.1, 0.15) is 24.3 Å². The maximum Gasteiger partial charge on any atom is 0.271 e. The summed E-state index contributed by atoms with van der Waals surface area (Å²) in [7, 11) is 0. The van der Waals surface area contributed by atoms with Crippen LogP contribution in [0.3, 0.4) is 0 Å². The molecule has 0 aliphatic heterocycles. The van der Waals surface area contributed by atoms with E-state index in [1.54, 1.807) is 30.7 Å². The van der Waals surface area contributed by atoms with Gasteiger partial charge in [0.25, 0.3) is 5.91 Å². The fraction of sp³-hybridized carbons (Fsp3) is 0.308. The fourth-order valence-electron chi connectivity index (χ4n) is 1.55. The Morgan fingerprint density at radius 1 is 1.50 bits per heavy atom. The van der Waals surface area contributed by atoms with Crippen molar-refractivity contribution < 1.29 is 14.0 Å². The number of thiazole rings is 1. The minimum absolute atomic E-state index is 0.220. The minimum Gasteiger partial charge on any atom is -0.462 e. The third-order valence-electron chi connectivity index (χ3n) is 2.56. The van der Waals surface area contributed by atoms with Crippen LogP contribution in [0.25, 0.3) is 10.8 Å². The maximum atomic E-state index is 12.0. The number of nitrogens with zero attached hydrogens (tertiary/aromatic N) is 1. The molecule has 2 heterocycles. The molecule has 0 saturated carbocycles. The SMILES string of the molecule is CCNC(=O)[C@@H](C)NC(=O)c1csc(-c2ccco2)n1. The van der Waals surface area contributed by atoms with Crippen molar-refractivity contribution >= 4 is 23.2 Å². The summed E-state index contributed by atoms with van der Waals surface area (Å²) < 4.78 is 5.22. The molecule has 0 unspecified atom stereocenters. The zero-order chi connectivity index (χ0) is 14.5. The van der Waals surface area contributed by atoms with Gasteiger partial charge in [0.05, 0.1) is 6.26 Å². The molecule has 0 bridgehead atoms. The van der Waals surface area contributed by atoms with Crippen LogP contribution in [0.2, 0.25) is 0 Å². The highest BCUT2D eigenvalue weighted by Crippen LogP contribution is 2.23. The molecule has 0 aliphatic carbocycles. The molecular weight excluding hydrogens is 278 g/mol. The molecule has 1 atom stereocenters. The lowest BCUT2D eigenvalue weighted by molar-refractivity contribution is -0.122. The highest BCUT2D eigenvalue weighted by molar-refractivity contribution is 7.13. The smallest absolute Gasteiger partial charge is 0.271 e. The largest absolute Gasteiger partial charge is 0.462 e. The van der Waals surface area contributed by atoms with Crippen LogP contribution in [-0.4, -0.2) is 29.4 Å². The number of hydrogen-bond donors (Lipinski definition) is 2. The van der Waals surface area contributed by atoms with Crippen LogP contribution < -0.4 is 10.6 Å². The third kappa shape index (κ3) is 3.24. The Labute approximate surface area is 120 Å². The Balaban J connectivity index is 2.01. The summed E-state index contributed by atoms with van der Waals surface area (Å²) >= 11 is 1.32. The maximum absolute atomic E-state index is 12.0. The average Bonchev–Trinajstić information content (AvgIpc) is 3.09. The van der Waals surface area contributed by atoms with Gasteiger partial charge in [0.1, 0.15) is 11.7 Å². The molecule has 2 aromatic heterocycles. The fourth-order valence-corrected chi connectivity index (χ4v) is 2.32. The van der Waals surface area contributed by atoms with E-state index in [9.17, 15) is 9.59 Å². The summed E-state index contributed by atoms with van der Waals surface area (Å²) in [5.41, 5.74) is 0.276. The number of likely N-dealkylation sites (N-methyl/N-ethyl adjacent to an activating group) is 1. The summed E-state index contributed by atoms with van der Waals surface area (Å²) in [5, 5.41) is 7.51. The topological polar surface area (TPSA) is 84.2 Å². The summed E-state index contributed by atoms with van der Waals surface area (Å²) in [6, 6.07) is 2.93. The summed E-state index contributed by atoms with van der Waals surface area (Å²) in [6.07, 6.45) is 1.55. The van der Waals surface area contributed by atoms with Crippen molar-refractivity contribution in [3.63, 3.8) is 0 Å². The molecule has 2 rings (SSSR count). The van der Waals surface area contributed by atoms with Gasteiger partial charge in [-0.1, -0.05) is 0 Å². The van der Waals surface area contributed by atoms with Gasteiger partial charge in [-0.2, -0.15) is 0 Å². The molecule has 6 nitrogen and oxygen atoms in total. The lowest BCUT2D eigenvalue weighted by atomic mass is 10.3. The number of hydrogen-bond acceptors (Lipinski definition) is 5. The van der Waals surface area contributed by atoms with Gasteiger partial charge in [-0.05, 0) is 26.0 Å². The van der Waals surface area contributed by atoms with Crippen LogP contribution in [0.4, 0.5) is 0 Å². The van der Waals surface area contributed by atoms with E-state index in [1.807, 2.05) is 6.92 Å². The lowest BCUT2D eigenvalue weighted by Crippen LogP contribution is -2.44. The molecule has 2 aromatic rings. The Morgan fingerprint density at radius 2 is 2.30 bits per heavy atom. The number of carbonyl (C=O) groups is 2. The number of amides is 2. The highest BCUT2D eigenvalue weighted by Gasteiger charge is 2.18. The van der Waals surface area contributed by atoms with Crippen molar-refractivity contribution in [2.45, 2.75) is 19.9 Å². The van der Waals surface area contributed by atoms with Crippen LogP contribution >= 0.6 is 11.3 Å². The molecule has 7 heteroatoms. The Morgan fingerprint density at radius 3 is 2.95 bits per heavy atom. The Bertz CT molecular complexity index is 592. The first-order valence-electron chi connectivity index (χ1n) is 6.19. The molecule has 0 aromatic carbocycles. The average molecular weight is 293 g/mol. The van der Waals surface area contributed by atoms with Gasteiger partial charge in [0.2, 0.25) is 5.91 Å². The van der Waals surface area contributed by atoms with E-state index < -0.39 is 6.04 Å². The zero-order valence-electron chi connectivity index (χ0n) is 11.2. The Kier molecular flexibility index (Phi) is 4.52. The van der Waals surface area contributed by atoms with Crippen molar-refractivity contribution in [1.82, 2.24) is 15.6 Å². The van der Waals surface area contributed by atoms with Crippen molar-refractivity contribution in [1.29, 1.82) is 0 Å². The quantitative estimate of drug-likeness (QED) is 0.878. The summed E-state index contributed by atoms with van der Waals surface area (Å²) in [5.74, 6) is 0.0194. The van der Waals surface area contributed by atoms with E-state index in [2.05, 4.69) is 15.6 Å². The second kappa shape index (κ2) is 6.33. The summed E-state index contributed by atoms with van der Waals surface area (Å²) in [6.45, 7) is 3.98. The van der Waals surface area contributed by atoms with E-state index in [0.717, 1.165) is 0 Å². The van der Waals surface area contributed by atoms with Gasteiger partial charge in [0, 0.05) is 11.9 Å². The third-order valence-corrected chi connectivity index (χ3v) is 3.42. The molecule has 0 aliphatic rings. The monoisotopic (exact) mass is 293 g/mol. The standard InChI is InChI=1S/C13H15N3O3S/c1-3-14-11(17)8(2)15-12(18)9-7-20-13(16-9)10-5-4-6-19-10/h4-8H,3H2,1-2H3,(H,14,17)(H,15,18)/t8-/m1/s1. The van der Waals surface area contributed by atoms with Gasteiger partial charge in [-0.15, -0.1) is 11.3 Å². The zero-order valence-corrected chi connectivity index (χ0v) is 12.0. The molecule has 0 saturated heterocycles. The van der Waals surface area contributed by atoms with E-state index in [0.29, 0.717) is 17.3 Å². The molecule has 0 radical (unpaired) electrons. The van der Waals surface area contributed by atoms with E-state index >= 15 is 0 Å². The number of aromatic nitrogens is 1. The van der Waals surface area contributed by atoms with Crippen LogP contribution in [0, 0.1) is 0 Å². The summed E-state index contributed by atoms with van der Waals surface area (Å²) in [4.78, 5) is 27.7. The van der Waals surface area contributed by atoms with E-state index in [-0.39, 0.29) is 17.5 Å². The molecular formula is C13H15N3O3S. The van der Waals surface area contributed by atoms with Crippen LogP contribution in [0.15, 0.2) is 28.2 Å². The van der Waals surface area contributed by atoms with Crippen LogP contribution in [0.5, 0.6) is 0 Å². The second-order valence-electron chi connectivity index (χ2n) is 4.10. The van der Waals surface area contributed by atoms with Gasteiger partial charge >= 0.3 is 0 Å². The van der Waals surface area contributed by atoms with E-state index in [4.69, 9.17) is 4.42 Å².